The lowest BCUT2D eigenvalue weighted by molar-refractivity contribution is 0.465. The van der Waals surface area contributed by atoms with Gasteiger partial charge in [-0.2, -0.15) is 4.98 Å². The van der Waals surface area contributed by atoms with Crippen molar-refractivity contribution in [3.05, 3.63) is 41.3 Å². The van der Waals surface area contributed by atoms with Crippen molar-refractivity contribution in [3.8, 4) is 11.6 Å². The zero-order valence-electron chi connectivity index (χ0n) is 10.7. The third kappa shape index (κ3) is 2.24. The number of benzene rings is 1. The summed E-state index contributed by atoms with van der Waals surface area (Å²) in [6, 6.07) is 9.87. The maximum Gasteiger partial charge on any atom is 0.232 e. The van der Waals surface area contributed by atoms with Gasteiger partial charge in [0.15, 0.2) is 0 Å². The first-order valence-corrected chi connectivity index (χ1v) is 6.82. The maximum atomic E-state index is 5.94. The summed E-state index contributed by atoms with van der Waals surface area (Å²) in [4.78, 5) is 9.70. The Kier molecular flexibility index (Phi) is 3.05. The number of aryl methyl sites for hydroxylation is 1. The number of thiophene rings is 1. The van der Waals surface area contributed by atoms with E-state index in [2.05, 4.69) is 15.3 Å². The SMILES string of the molecule is CNc1nc(Oc2ccccc2C)c2ccsc2n1. The van der Waals surface area contributed by atoms with Gasteiger partial charge in [-0.1, -0.05) is 18.2 Å². The Balaban J connectivity index is 2.09. The van der Waals surface area contributed by atoms with Crippen molar-refractivity contribution in [2.24, 2.45) is 0 Å². The van der Waals surface area contributed by atoms with Crippen LogP contribution in [-0.4, -0.2) is 17.0 Å². The molecule has 0 saturated carbocycles. The van der Waals surface area contributed by atoms with Crippen molar-refractivity contribution >= 4 is 27.5 Å². The highest BCUT2D eigenvalue weighted by Crippen LogP contribution is 2.32. The molecule has 3 aromatic rings. The Morgan fingerprint density at radius 1 is 1.16 bits per heavy atom. The summed E-state index contributed by atoms with van der Waals surface area (Å²) >= 11 is 1.57. The normalized spacial score (nSPS) is 10.6. The fraction of sp³-hybridized carbons (Fsp3) is 0.143. The number of ether oxygens (including phenoxy) is 1. The highest BCUT2D eigenvalue weighted by molar-refractivity contribution is 7.16. The zero-order chi connectivity index (χ0) is 13.2. The predicted molar refractivity (Wildman–Crippen MR) is 78.2 cm³/mol. The van der Waals surface area contributed by atoms with Gasteiger partial charge in [-0.15, -0.1) is 11.3 Å². The largest absolute Gasteiger partial charge is 0.438 e. The van der Waals surface area contributed by atoms with E-state index >= 15 is 0 Å². The number of para-hydroxylation sites is 1. The summed E-state index contributed by atoms with van der Waals surface area (Å²) in [5.74, 6) is 1.97. The number of anilines is 1. The lowest BCUT2D eigenvalue weighted by Gasteiger charge is -2.09. The molecule has 0 radical (unpaired) electrons. The van der Waals surface area contributed by atoms with Crippen LogP contribution in [0, 0.1) is 6.92 Å². The van der Waals surface area contributed by atoms with E-state index in [1.807, 2.05) is 42.6 Å². The van der Waals surface area contributed by atoms with Crippen LogP contribution in [0.15, 0.2) is 35.7 Å². The monoisotopic (exact) mass is 271 g/mol. The van der Waals surface area contributed by atoms with Crippen molar-refractivity contribution in [3.63, 3.8) is 0 Å². The number of fused-ring (bicyclic) bond motifs is 1. The second-order valence-electron chi connectivity index (χ2n) is 4.11. The van der Waals surface area contributed by atoms with Crippen LogP contribution in [0.25, 0.3) is 10.2 Å². The summed E-state index contributed by atoms with van der Waals surface area (Å²) in [7, 11) is 1.80. The Bertz CT molecular complexity index is 724. The molecule has 1 aromatic carbocycles. The van der Waals surface area contributed by atoms with E-state index in [4.69, 9.17) is 4.74 Å². The number of nitrogens with zero attached hydrogens (tertiary/aromatic N) is 2. The first kappa shape index (κ1) is 11.9. The van der Waals surface area contributed by atoms with E-state index in [0.29, 0.717) is 11.8 Å². The van der Waals surface area contributed by atoms with Gasteiger partial charge in [0.05, 0.1) is 5.39 Å². The van der Waals surface area contributed by atoms with Gasteiger partial charge >= 0.3 is 0 Å². The molecule has 0 saturated heterocycles. The zero-order valence-corrected chi connectivity index (χ0v) is 11.5. The van der Waals surface area contributed by atoms with Crippen LogP contribution < -0.4 is 10.1 Å². The maximum absolute atomic E-state index is 5.94. The number of aromatic nitrogens is 2. The number of hydrogen-bond donors (Lipinski definition) is 1. The molecule has 2 heterocycles. The van der Waals surface area contributed by atoms with Gasteiger partial charge in [0.25, 0.3) is 0 Å². The molecular formula is C14H13N3OS. The molecule has 19 heavy (non-hydrogen) atoms. The molecule has 0 aliphatic carbocycles. The second kappa shape index (κ2) is 4.85. The third-order valence-electron chi connectivity index (χ3n) is 2.81. The summed E-state index contributed by atoms with van der Waals surface area (Å²) in [6.45, 7) is 2.01. The highest BCUT2D eigenvalue weighted by Gasteiger charge is 2.11. The summed E-state index contributed by atoms with van der Waals surface area (Å²) < 4.78 is 5.94. The van der Waals surface area contributed by atoms with E-state index in [1.165, 1.54) is 0 Å². The van der Waals surface area contributed by atoms with E-state index in [1.54, 1.807) is 18.4 Å². The smallest absolute Gasteiger partial charge is 0.232 e. The fourth-order valence-corrected chi connectivity index (χ4v) is 2.55. The average Bonchev–Trinajstić information content (AvgIpc) is 2.89. The van der Waals surface area contributed by atoms with Gasteiger partial charge in [0.1, 0.15) is 10.6 Å². The molecule has 5 heteroatoms. The Labute approximate surface area is 115 Å². The van der Waals surface area contributed by atoms with E-state index in [0.717, 1.165) is 21.5 Å². The average molecular weight is 271 g/mol. The molecule has 0 atom stereocenters. The van der Waals surface area contributed by atoms with Crippen LogP contribution in [0.5, 0.6) is 11.6 Å². The van der Waals surface area contributed by atoms with Gasteiger partial charge in [-0.3, -0.25) is 0 Å². The Morgan fingerprint density at radius 2 is 2.00 bits per heavy atom. The number of rotatable bonds is 3. The van der Waals surface area contributed by atoms with Gasteiger partial charge in [0.2, 0.25) is 11.8 Å². The van der Waals surface area contributed by atoms with Crippen LogP contribution in [0.3, 0.4) is 0 Å². The molecular weight excluding hydrogens is 258 g/mol. The minimum Gasteiger partial charge on any atom is -0.438 e. The van der Waals surface area contributed by atoms with Crippen molar-refractivity contribution in [1.29, 1.82) is 0 Å². The quantitative estimate of drug-likeness (QED) is 0.786. The van der Waals surface area contributed by atoms with Crippen LogP contribution in [0.2, 0.25) is 0 Å². The van der Waals surface area contributed by atoms with Gasteiger partial charge in [-0.25, -0.2) is 4.98 Å². The van der Waals surface area contributed by atoms with Gasteiger partial charge in [0, 0.05) is 7.05 Å². The number of nitrogens with one attached hydrogen (secondary N) is 1. The van der Waals surface area contributed by atoms with E-state index < -0.39 is 0 Å². The summed E-state index contributed by atoms with van der Waals surface area (Å²) in [5.41, 5.74) is 1.08. The molecule has 3 rings (SSSR count). The standard InChI is InChI=1S/C14H13N3OS/c1-9-5-3-4-6-11(9)18-12-10-7-8-19-13(10)17-14(15-2)16-12/h3-8H,1-2H3,(H,15,16,17). The van der Waals surface area contributed by atoms with Crippen LogP contribution in [0.4, 0.5) is 5.95 Å². The molecule has 2 aromatic heterocycles. The Hall–Kier alpha value is -2.14. The van der Waals surface area contributed by atoms with Crippen molar-refractivity contribution in [1.82, 2.24) is 9.97 Å². The van der Waals surface area contributed by atoms with Crippen LogP contribution in [-0.2, 0) is 0 Å². The van der Waals surface area contributed by atoms with Crippen molar-refractivity contribution in [2.75, 3.05) is 12.4 Å². The molecule has 0 bridgehead atoms. The lowest BCUT2D eigenvalue weighted by Crippen LogP contribution is -1.98. The molecule has 0 fully saturated rings. The minimum absolute atomic E-state index is 0.568. The van der Waals surface area contributed by atoms with Crippen molar-refractivity contribution in [2.45, 2.75) is 6.92 Å². The summed E-state index contributed by atoms with van der Waals surface area (Å²) in [5, 5.41) is 5.88. The van der Waals surface area contributed by atoms with Gasteiger partial charge < -0.3 is 10.1 Å². The third-order valence-corrected chi connectivity index (χ3v) is 3.62. The molecule has 4 nitrogen and oxygen atoms in total. The molecule has 0 aliphatic rings. The van der Waals surface area contributed by atoms with E-state index in [-0.39, 0.29) is 0 Å². The number of hydrogen-bond acceptors (Lipinski definition) is 5. The predicted octanol–water partition coefficient (Wildman–Crippen LogP) is 3.83. The van der Waals surface area contributed by atoms with Crippen LogP contribution in [0.1, 0.15) is 5.56 Å². The van der Waals surface area contributed by atoms with E-state index in [9.17, 15) is 0 Å². The summed E-state index contributed by atoms with van der Waals surface area (Å²) in [6.07, 6.45) is 0. The molecule has 96 valence electrons. The Morgan fingerprint density at radius 3 is 2.79 bits per heavy atom. The second-order valence-corrected chi connectivity index (χ2v) is 5.00. The topological polar surface area (TPSA) is 47.0 Å². The highest BCUT2D eigenvalue weighted by atomic mass is 32.1. The first-order chi connectivity index (χ1) is 9.28. The first-order valence-electron chi connectivity index (χ1n) is 5.94. The van der Waals surface area contributed by atoms with Gasteiger partial charge in [-0.05, 0) is 30.0 Å². The van der Waals surface area contributed by atoms with Crippen LogP contribution >= 0.6 is 11.3 Å². The molecule has 0 amide bonds. The fourth-order valence-electron chi connectivity index (χ4n) is 1.79. The molecule has 1 N–H and O–H groups in total. The van der Waals surface area contributed by atoms with Crippen molar-refractivity contribution < 1.29 is 4.74 Å². The molecule has 0 unspecified atom stereocenters. The molecule has 0 aliphatic heterocycles. The minimum atomic E-state index is 0.568. The molecule has 0 spiro atoms. The lowest BCUT2D eigenvalue weighted by atomic mass is 10.2.